The zero-order valence-electron chi connectivity index (χ0n) is 8.99. The van der Waals surface area contributed by atoms with Crippen LogP contribution in [0.4, 0.5) is 18.9 Å². The topological polar surface area (TPSA) is 42.7 Å². The Kier molecular flexibility index (Phi) is 2.01. The van der Waals surface area contributed by atoms with Crippen LogP contribution in [-0.2, 0) is 6.18 Å². The lowest BCUT2D eigenvalue weighted by Gasteiger charge is -2.22. The Labute approximate surface area is 99.8 Å². The van der Waals surface area contributed by atoms with Crippen LogP contribution in [0.15, 0.2) is 30.8 Å². The molecule has 0 radical (unpaired) electrons. The number of benzene rings is 1. The highest BCUT2D eigenvalue weighted by atomic mass is 19.4. The number of alkyl halides is 3. The number of para-hydroxylation sites is 2. The lowest BCUT2D eigenvalue weighted by atomic mass is 10.2. The van der Waals surface area contributed by atoms with Crippen molar-refractivity contribution in [1.29, 1.82) is 0 Å². The van der Waals surface area contributed by atoms with E-state index in [0.29, 0.717) is 11.4 Å². The van der Waals surface area contributed by atoms with Crippen molar-refractivity contribution >= 4 is 11.4 Å². The Morgan fingerprint density at radius 1 is 1.17 bits per heavy atom. The van der Waals surface area contributed by atoms with E-state index in [9.17, 15) is 13.2 Å². The number of hydrogen-bond acceptors (Lipinski definition) is 3. The molecule has 4 nitrogen and oxygen atoms in total. The standard InChI is InChI=1S/C11H7F3N4/c1-6-9-16-17-10(11(12,13)14)18(9)8-5-3-2-4-7(8)15-6/h2-5,15H,1H2. The van der Waals surface area contributed by atoms with Gasteiger partial charge in [0.05, 0.1) is 17.1 Å². The summed E-state index contributed by atoms with van der Waals surface area (Å²) >= 11 is 0. The van der Waals surface area contributed by atoms with Gasteiger partial charge in [-0.2, -0.15) is 13.2 Å². The molecular weight excluding hydrogens is 245 g/mol. The second-order valence-electron chi connectivity index (χ2n) is 3.80. The summed E-state index contributed by atoms with van der Waals surface area (Å²) in [4.78, 5) is 0. The van der Waals surface area contributed by atoms with Gasteiger partial charge in [0, 0.05) is 0 Å². The van der Waals surface area contributed by atoms with Crippen molar-refractivity contribution in [3.8, 4) is 5.69 Å². The highest BCUT2D eigenvalue weighted by Gasteiger charge is 2.40. The minimum absolute atomic E-state index is 0.0704. The van der Waals surface area contributed by atoms with Crippen LogP contribution in [0.2, 0.25) is 0 Å². The predicted octanol–water partition coefficient (Wildman–Crippen LogP) is 2.68. The van der Waals surface area contributed by atoms with E-state index in [-0.39, 0.29) is 11.5 Å². The molecule has 1 aromatic heterocycles. The summed E-state index contributed by atoms with van der Waals surface area (Å²) in [6.07, 6.45) is -4.56. The van der Waals surface area contributed by atoms with Crippen LogP contribution in [0, 0.1) is 0 Å². The Bertz CT molecular complexity index is 642. The first kappa shape index (κ1) is 10.8. The molecule has 92 valence electrons. The molecule has 0 bridgehead atoms. The van der Waals surface area contributed by atoms with Crippen LogP contribution >= 0.6 is 0 Å². The predicted molar refractivity (Wildman–Crippen MR) is 59.0 cm³/mol. The van der Waals surface area contributed by atoms with Gasteiger partial charge in [0.15, 0.2) is 5.82 Å². The van der Waals surface area contributed by atoms with Crippen molar-refractivity contribution in [2.45, 2.75) is 6.18 Å². The monoisotopic (exact) mass is 252 g/mol. The zero-order chi connectivity index (χ0) is 12.9. The fourth-order valence-corrected chi connectivity index (χ4v) is 1.88. The Morgan fingerprint density at radius 2 is 1.89 bits per heavy atom. The molecule has 18 heavy (non-hydrogen) atoms. The Balaban J connectivity index is 2.33. The molecule has 0 fully saturated rings. The number of nitrogens with one attached hydrogen (secondary N) is 1. The zero-order valence-corrected chi connectivity index (χ0v) is 8.99. The third-order valence-corrected chi connectivity index (χ3v) is 2.62. The molecule has 1 aromatic carbocycles. The fourth-order valence-electron chi connectivity index (χ4n) is 1.88. The van der Waals surface area contributed by atoms with Crippen LogP contribution < -0.4 is 5.32 Å². The number of fused-ring (bicyclic) bond motifs is 3. The number of aromatic nitrogens is 3. The molecule has 2 aromatic rings. The van der Waals surface area contributed by atoms with Gasteiger partial charge in [-0.3, -0.25) is 4.57 Å². The Hall–Kier alpha value is -2.31. The maximum atomic E-state index is 12.9. The number of anilines is 1. The first-order valence-corrected chi connectivity index (χ1v) is 5.07. The SMILES string of the molecule is C=C1Nc2ccccc2-n2c1nnc2C(F)(F)F. The highest BCUT2D eigenvalue weighted by molar-refractivity contribution is 5.82. The van der Waals surface area contributed by atoms with E-state index >= 15 is 0 Å². The molecular formula is C11H7F3N4. The summed E-state index contributed by atoms with van der Waals surface area (Å²) < 4.78 is 39.5. The average Bonchev–Trinajstić information content (AvgIpc) is 2.74. The van der Waals surface area contributed by atoms with E-state index in [1.165, 1.54) is 0 Å². The van der Waals surface area contributed by atoms with E-state index < -0.39 is 12.0 Å². The summed E-state index contributed by atoms with van der Waals surface area (Å²) in [7, 11) is 0. The second kappa shape index (κ2) is 3.34. The number of nitrogens with zero attached hydrogens (tertiary/aromatic N) is 3. The first-order valence-electron chi connectivity index (χ1n) is 5.07. The van der Waals surface area contributed by atoms with Crippen molar-refractivity contribution in [3.05, 3.63) is 42.5 Å². The third-order valence-electron chi connectivity index (χ3n) is 2.62. The van der Waals surface area contributed by atoms with E-state index in [0.717, 1.165) is 4.57 Å². The van der Waals surface area contributed by atoms with Gasteiger partial charge in [-0.15, -0.1) is 10.2 Å². The lowest BCUT2D eigenvalue weighted by Crippen LogP contribution is -2.20. The molecule has 2 heterocycles. The van der Waals surface area contributed by atoms with Crippen LogP contribution in [0.5, 0.6) is 0 Å². The van der Waals surface area contributed by atoms with Crippen molar-refractivity contribution in [2.75, 3.05) is 5.32 Å². The van der Waals surface area contributed by atoms with Gasteiger partial charge < -0.3 is 5.32 Å². The molecule has 1 N–H and O–H groups in total. The average molecular weight is 252 g/mol. The third kappa shape index (κ3) is 1.40. The minimum atomic E-state index is -4.56. The van der Waals surface area contributed by atoms with Gasteiger partial charge in [0.2, 0.25) is 5.82 Å². The van der Waals surface area contributed by atoms with Crippen molar-refractivity contribution < 1.29 is 13.2 Å². The first-order chi connectivity index (χ1) is 8.48. The second-order valence-corrected chi connectivity index (χ2v) is 3.80. The van der Waals surface area contributed by atoms with E-state index in [1.54, 1.807) is 24.3 Å². The van der Waals surface area contributed by atoms with Crippen molar-refractivity contribution in [3.63, 3.8) is 0 Å². The Morgan fingerprint density at radius 3 is 2.61 bits per heavy atom. The fraction of sp³-hybridized carbons (Fsp3) is 0.0909. The maximum Gasteiger partial charge on any atom is 0.452 e. The van der Waals surface area contributed by atoms with Gasteiger partial charge in [-0.25, -0.2) is 0 Å². The maximum absolute atomic E-state index is 12.9. The van der Waals surface area contributed by atoms with Gasteiger partial charge >= 0.3 is 6.18 Å². The van der Waals surface area contributed by atoms with E-state index in [4.69, 9.17) is 0 Å². The van der Waals surface area contributed by atoms with E-state index in [1.807, 2.05) is 0 Å². The van der Waals surface area contributed by atoms with Crippen LogP contribution in [-0.4, -0.2) is 14.8 Å². The summed E-state index contributed by atoms with van der Waals surface area (Å²) in [5.41, 5.74) is 1.19. The highest BCUT2D eigenvalue weighted by Crippen LogP contribution is 2.37. The van der Waals surface area contributed by atoms with Gasteiger partial charge in [0.25, 0.3) is 0 Å². The van der Waals surface area contributed by atoms with Crippen LogP contribution in [0.3, 0.4) is 0 Å². The molecule has 0 spiro atoms. The summed E-state index contributed by atoms with van der Waals surface area (Å²) in [6, 6.07) is 6.61. The number of halogens is 3. The molecule has 0 unspecified atom stereocenters. The van der Waals surface area contributed by atoms with Crippen molar-refractivity contribution in [1.82, 2.24) is 14.8 Å². The molecule has 0 saturated carbocycles. The van der Waals surface area contributed by atoms with E-state index in [2.05, 4.69) is 22.1 Å². The molecule has 7 heteroatoms. The number of hydrogen-bond donors (Lipinski definition) is 1. The quantitative estimate of drug-likeness (QED) is 0.783. The molecule has 1 aliphatic heterocycles. The van der Waals surface area contributed by atoms with Gasteiger partial charge in [-0.05, 0) is 12.1 Å². The molecule has 3 rings (SSSR count). The number of rotatable bonds is 0. The molecule has 0 aliphatic carbocycles. The van der Waals surface area contributed by atoms with Crippen LogP contribution in [0.25, 0.3) is 11.4 Å². The summed E-state index contributed by atoms with van der Waals surface area (Å²) in [5, 5.41) is 9.64. The molecule has 0 amide bonds. The summed E-state index contributed by atoms with van der Waals surface area (Å²) in [5.74, 6) is -0.978. The normalized spacial score (nSPS) is 13.8. The molecule has 0 atom stereocenters. The largest absolute Gasteiger partial charge is 0.452 e. The molecule has 0 saturated heterocycles. The lowest BCUT2D eigenvalue weighted by molar-refractivity contribution is -0.146. The smallest absolute Gasteiger partial charge is 0.351 e. The van der Waals surface area contributed by atoms with Gasteiger partial charge in [-0.1, -0.05) is 18.7 Å². The van der Waals surface area contributed by atoms with Crippen molar-refractivity contribution in [2.24, 2.45) is 0 Å². The van der Waals surface area contributed by atoms with Gasteiger partial charge in [0.1, 0.15) is 0 Å². The summed E-state index contributed by atoms with van der Waals surface area (Å²) in [6.45, 7) is 3.65. The van der Waals surface area contributed by atoms with Crippen LogP contribution in [0.1, 0.15) is 11.6 Å². The molecule has 1 aliphatic rings. The minimum Gasteiger partial charge on any atom is -0.351 e.